The number of hydrogen-bond donors (Lipinski definition) is 0. The number of imidazole rings is 1. The minimum atomic E-state index is -0.447. The molecule has 2 aromatic rings. The molecule has 0 saturated carbocycles. The van der Waals surface area contributed by atoms with Gasteiger partial charge in [0, 0.05) is 12.6 Å². The summed E-state index contributed by atoms with van der Waals surface area (Å²) in [5.41, 5.74) is 1.45. The van der Waals surface area contributed by atoms with Gasteiger partial charge < -0.3 is 4.57 Å². The van der Waals surface area contributed by atoms with E-state index < -0.39 is 5.82 Å². The Hall–Kier alpha value is -0.450. The molecule has 0 bridgehead atoms. The average molecular weight is 321 g/mol. The summed E-state index contributed by atoms with van der Waals surface area (Å²) in [5, 5.41) is -0.101. The second kappa shape index (κ2) is 6.33. The van der Waals surface area contributed by atoms with Crippen molar-refractivity contribution in [2.24, 2.45) is 0 Å². The normalized spacial score (nSPS) is 13.1. The van der Waals surface area contributed by atoms with E-state index >= 15 is 0 Å². The summed E-state index contributed by atoms with van der Waals surface area (Å²) in [6.07, 6.45) is 3.08. The molecule has 19 heavy (non-hydrogen) atoms. The van der Waals surface area contributed by atoms with Crippen molar-refractivity contribution in [1.82, 2.24) is 9.55 Å². The first kappa shape index (κ1) is 14.9. The predicted molar refractivity (Wildman–Crippen MR) is 82.0 cm³/mol. The van der Waals surface area contributed by atoms with Crippen LogP contribution in [0.3, 0.4) is 0 Å². The standard InChI is InChI=1S/C13H15Cl2FN2S/c1-8(14)13-17-11-7-10(16)9(15)6-12(11)18(13)4-3-5-19-2/h6-8H,3-5H2,1-2H3. The number of aromatic nitrogens is 2. The van der Waals surface area contributed by atoms with Crippen molar-refractivity contribution in [2.45, 2.75) is 25.3 Å². The molecule has 0 fully saturated rings. The smallest absolute Gasteiger partial charge is 0.144 e. The van der Waals surface area contributed by atoms with E-state index in [1.54, 1.807) is 17.8 Å². The van der Waals surface area contributed by atoms with Crippen molar-refractivity contribution in [1.29, 1.82) is 0 Å². The highest BCUT2D eigenvalue weighted by Crippen LogP contribution is 2.28. The van der Waals surface area contributed by atoms with Crippen LogP contribution in [-0.4, -0.2) is 21.6 Å². The molecule has 2 nitrogen and oxygen atoms in total. The molecule has 1 unspecified atom stereocenters. The minimum absolute atomic E-state index is 0.118. The maximum absolute atomic E-state index is 13.5. The van der Waals surface area contributed by atoms with Crippen LogP contribution in [0.25, 0.3) is 11.0 Å². The lowest BCUT2D eigenvalue weighted by Gasteiger charge is -2.10. The fourth-order valence-corrected chi connectivity index (χ4v) is 2.79. The molecule has 0 aliphatic rings. The summed E-state index contributed by atoms with van der Waals surface area (Å²) < 4.78 is 15.5. The van der Waals surface area contributed by atoms with Gasteiger partial charge in [0.25, 0.3) is 0 Å². The molecule has 6 heteroatoms. The highest BCUT2D eigenvalue weighted by Gasteiger charge is 2.16. The largest absolute Gasteiger partial charge is 0.327 e. The van der Waals surface area contributed by atoms with Crippen molar-refractivity contribution >= 4 is 46.0 Å². The first-order chi connectivity index (χ1) is 9.04. The third kappa shape index (κ3) is 3.18. The third-order valence-corrected chi connectivity index (χ3v) is 4.09. The van der Waals surface area contributed by atoms with Crippen LogP contribution < -0.4 is 0 Å². The number of thioether (sulfide) groups is 1. The zero-order valence-electron chi connectivity index (χ0n) is 10.8. The summed E-state index contributed by atoms with van der Waals surface area (Å²) in [6.45, 7) is 2.68. The second-order valence-electron chi connectivity index (χ2n) is 4.34. The van der Waals surface area contributed by atoms with Crippen LogP contribution in [0, 0.1) is 5.82 Å². The van der Waals surface area contributed by atoms with E-state index in [9.17, 15) is 4.39 Å². The van der Waals surface area contributed by atoms with E-state index in [0.717, 1.165) is 30.1 Å². The van der Waals surface area contributed by atoms with E-state index in [4.69, 9.17) is 23.2 Å². The Kier molecular flexibility index (Phi) is 4.98. The molecule has 1 atom stereocenters. The van der Waals surface area contributed by atoms with Crippen LogP contribution in [0.2, 0.25) is 5.02 Å². The molecule has 0 saturated heterocycles. The van der Waals surface area contributed by atoms with Crippen molar-refractivity contribution in [3.63, 3.8) is 0 Å². The predicted octanol–water partition coefficient (Wildman–Crippen LogP) is 4.88. The molecule has 0 aliphatic heterocycles. The van der Waals surface area contributed by atoms with Gasteiger partial charge in [0.2, 0.25) is 0 Å². The Labute approximate surface area is 126 Å². The van der Waals surface area contributed by atoms with Gasteiger partial charge in [-0.25, -0.2) is 9.37 Å². The number of hydrogen-bond acceptors (Lipinski definition) is 2. The SMILES string of the molecule is CSCCCn1c(C(C)Cl)nc2cc(F)c(Cl)cc21. The molecule has 2 rings (SSSR count). The van der Waals surface area contributed by atoms with Crippen LogP contribution >= 0.6 is 35.0 Å². The zero-order chi connectivity index (χ0) is 14.0. The van der Waals surface area contributed by atoms with Crippen molar-refractivity contribution in [3.05, 3.63) is 28.8 Å². The van der Waals surface area contributed by atoms with Gasteiger partial charge in [-0.15, -0.1) is 11.6 Å². The number of fused-ring (bicyclic) bond motifs is 1. The summed E-state index contributed by atoms with van der Waals surface area (Å²) in [4.78, 5) is 4.42. The molecule has 0 N–H and O–H groups in total. The Morgan fingerprint density at radius 1 is 1.47 bits per heavy atom. The number of rotatable bonds is 5. The van der Waals surface area contributed by atoms with Gasteiger partial charge in [0.05, 0.1) is 21.4 Å². The third-order valence-electron chi connectivity index (χ3n) is 2.91. The minimum Gasteiger partial charge on any atom is -0.327 e. The molecule has 0 amide bonds. The molecule has 104 valence electrons. The summed E-state index contributed by atoms with van der Waals surface area (Å²) in [6, 6.07) is 2.99. The lowest BCUT2D eigenvalue weighted by atomic mass is 10.3. The number of halogens is 3. The highest BCUT2D eigenvalue weighted by atomic mass is 35.5. The molecular weight excluding hydrogens is 306 g/mol. The number of aryl methyl sites for hydroxylation is 1. The fourth-order valence-electron chi connectivity index (χ4n) is 2.04. The van der Waals surface area contributed by atoms with Gasteiger partial charge in [-0.2, -0.15) is 11.8 Å². The van der Waals surface area contributed by atoms with Gasteiger partial charge in [-0.3, -0.25) is 0 Å². The van der Waals surface area contributed by atoms with E-state index in [1.807, 2.05) is 11.5 Å². The Morgan fingerprint density at radius 2 is 2.21 bits per heavy atom. The van der Waals surface area contributed by atoms with Gasteiger partial charge in [0.15, 0.2) is 0 Å². The molecule has 1 heterocycles. The van der Waals surface area contributed by atoms with Gasteiger partial charge in [-0.05, 0) is 31.4 Å². The number of benzene rings is 1. The molecule has 0 spiro atoms. The monoisotopic (exact) mass is 320 g/mol. The Bertz CT molecular complexity index is 584. The van der Waals surface area contributed by atoms with Crippen molar-refractivity contribution in [2.75, 3.05) is 12.0 Å². The van der Waals surface area contributed by atoms with Gasteiger partial charge in [-0.1, -0.05) is 11.6 Å². The lowest BCUT2D eigenvalue weighted by molar-refractivity contribution is 0.629. The first-order valence-electron chi connectivity index (χ1n) is 6.02. The van der Waals surface area contributed by atoms with Crippen molar-refractivity contribution < 1.29 is 4.39 Å². The summed E-state index contributed by atoms with van der Waals surface area (Å²) in [7, 11) is 0. The van der Waals surface area contributed by atoms with Crippen LogP contribution in [0.15, 0.2) is 12.1 Å². The molecule has 0 radical (unpaired) electrons. The molecule has 0 aliphatic carbocycles. The van der Waals surface area contributed by atoms with Crippen LogP contribution in [0.5, 0.6) is 0 Å². The molecule has 1 aromatic carbocycles. The Balaban J connectivity index is 2.49. The second-order valence-corrected chi connectivity index (χ2v) is 6.39. The van der Waals surface area contributed by atoms with Crippen LogP contribution in [-0.2, 0) is 6.54 Å². The summed E-state index contributed by atoms with van der Waals surface area (Å²) >= 11 is 13.8. The number of nitrogens with zero attached hydrogens (tertiary/aromatic N) is 2. The van der Waals surface area contributed by atoms with E-state index in [0.29, 0.717) is 5.52 Å². The van der Waals surface area contributed by atoms with E-state index in [2.05, 4.69) is 11.2 Å². The van der Waals surface area contributed by atoms with E-state index in [-0.39, 0.29) is 10.4 Å². The molecular formula is C13H15Cl2FN2S. The van der Waals surface area contributed by atoms with Crippen LogP contribution in [0.1, 0.15) is 24.5 Å². The van der Waals surface area contributed by atoms with E-state index in [1.165, 1.54) is 6.07 Å². The quantitative estimate of drug-likeness (QED) is 0.577. The first-order valence-corrected chi connectivity index (χ1v) is 8.23. The fraction of sp³-hybridized carbons (Fsp3) is 0.462. The maximum Gasteiger partial charge on any atom is 0.144 e. The average Bonchev–Trinajstić information content (AvgIpc) is 2.69. The van der Waals surface area contributed by atoms with Gasteiger partial charge >= 0.3 is 0 Å². The van der Waals surface area contributed by atoms with Gasteiger partial charge in [0.1, 0.15) is 11.6 Å². The van der Waals surface area contributed by atoms with Crippen LogP contribution in [0.4, 0.5) is 4.39 Å². The topological polar surface area (TPSA) is 17.8 Å². The van der Waals surface area contributed by atoms with Crippen molar-refractivity contribution in [3.8, 4) is 0 Å². The lowest BCUT2D eigenvalue weighted by Crippen LogP contribution is -2.05. The Morgan fingerprint density at radius 3 is 2.84 bits per heavy atom. The summed E-state index contributed by atoms with van der Waals surface area (Å²) in [5.74, 6) is 1.38. The zero-order valence-corrected chi connectivity index (χ0v) is 13.1. The maximum atomic E-state index is 13.5. The number of alkyl halides is 1. The molecule has 1 aromatic heterocycles. The highest BCUT2D eigenvalue weighted by molar-refractivity contribution is 7.98.